The Kier molecular flexibility index (Phi) is 6.37. The molecule has 0 radical (unpaired) electrons. The first kappa shape index (κ1) is 24.2. The van der Waals surface area contributed by atoms with Crippen molar-refractivity contribution in [3.8, 4) is 0 Å². The van der Waals surface area contributed by atoms with E-state index in [-0.39, 0.29) is 32.4 Å². The minimum atomic E-state index is -3.70. The quantitative estimate of drug-likeness (QED) is 0.246. The monoisotopic (exact) mass is 540 g/mol. The summed E-state index contributed by atoms with van der Waals surface area (Å²) in [5.74, 6) is -0.0663. The van der Waals surface area contributed by atoms with E-state index in [2.05, 4.69) is 25.3 Å². The molecule has 1 aromatic carbocycles. The summed E-state index contributed by atoms with van der Waals surface area (Å²) in [5, 5.41) is 32.7. The summed E-state index contributed by atoms with van der Waals surface area (Å²) in [4.78, 5) is 16.8. The Morgan fingerprint density at radius 1 is 1.23 bits per heavy atom. The van der Waals surface area contributed by atoms with Gasteiger partial charge in [0.25, 0.3) is 0 Å². The third kappa shape index (κ3) is 4.46. The van der Waals surface area contributed by atoms with Crippen molar-refractivity contribution in [1.82, 2.24) is 24.5 Å². The predicted molar refractivity (Wildman–Crippen MR) is 128 cm³/mol. The van der Waals surface area contributed by atoms with E-state index in [0.717, 1.165) is 16.0 Å². The van der Waals surface area contributed by atoms with E-state index in [4.69, 9.17) is 16.3 Å². The zero-order valence-corrected chi connectivity index (χ0v) is 20.6. The number of imidazole rings is 1. The van der Waals surface area contributed by atoms with Crippen LogP contribution in [0, 0.1) is 0 Å². The van der Waals surface area contributed by atoms with Crippen LogP contribution in [0.3, 0.4) is 0 Å². The number of nitrogens with one attached hydrogen (secondary N) is 1. The van der Waals surface area contributed by atoms with Gasteiger partial charge in [0.2, 0.25) is 19.5 Å². The molecule has 12 nitrogen and oxygen atoms in total. The number of aromatic nitrogens is 5. The van der Waals surface area contributed by atoms with Crippen LogP contribution in [0.5, 0.6) is 0 Å². The van der Waals surface area contributed by atoms with Crippen molar-refractivity contribution in [2.45, 2.75) is 41.8 Å². The van der Waals surface area contributed by atoms with Gasteiger partial charge in [-0.3, -0.25) is 4.57 Å². The van der Waals surface area contributed by atoms with Crippen molar-refractivity contribution in [1.29, 1.82) is 0 Å². The normalized spacial score (nSPS) is 23.8. The lowest BCUT2D eigenvalue weighted by Gasteiger charge is -2.17. The fourth-order valence-corrected chi connectivity index (χ4v) is 6.91. The Labute approximate surface area is 208 Å². The maximum absolute atomic E-state index is 13.0. The molecule has 0 bridgehead atoms. The van der Waals surface area contributed by atoms with Gasteiger partial charge in [-0.25, -0.2) is 18.4 Å². The SMILES string of the molecule is C[C@H](CS(=O)(=O)c1nc2ccccc2s1)Nc1nc(Cl)nc2c1ncn2[C@@H]1O[C@H](CO)C(O)C1O. The third-order valence-corrected chi connectivity index (χ3v) is 9.15. The van der Waals surface area contributed by atoms with Gasteiger partial charge in [0.1, 0.15) is 18.3 Å². The van der Waals surface area contributed by atoms with Crippen molar-refractivity contribution in [2.24, 2.45) is 0 Å². The lowest BCUT2D eigenvalue weighted by Crippen LogP contribution is -2.33. The minimum Gasteiger partial charge on any atom is -0.394 e. The number of thiazole rings is 1. The maximum Gasteiger partial charge on any atom is 0.226 e. The van der Waals surface area contributed by atoms with Gasteiger partial charge in [0.05, 0.1) is 28.9 Å². The van der Waals surface area contributed by atoms with Crippen LogP contribution in [0.4, 0.5) is 5.82 Å². The zero-order valence-electron chi connectivity index (χ0n) is 18.2. The van der Waals surface area contributed by atoms with Gasteiger partial charge in [0, 0.05) is 6.04 Å². The van der Waals surface area contributed by atoms with Gasteiger partial charge >= 0.3 is 0 Å². The Hall–Kier alpha value is -2.46. The van der Waals surface area contributed by atoms with Gasteiger partial charge < -0.3 is 25.4 Å². The van der Waals surface area contributed by atoms with Crippen molar-refractivity contribution in [3.05, 3.63) is 35.9 Å². The molecule has 15 heteroatoms. The summed E-state index contributed by atoms with van der Waals surface area (Å²) < 4.78 is 33.7. The summed E-state index contributed by atoms with van der Waals surface area (Å²) in [7, 11) is -3.70. The average molecular weight is 541 g/mol. The van der Waals surface area contributed by atoms with Crippen molar-refractivity contribution in [2.75, 3.05) is 17.7 Å². The van der Waals surface area contributed by atoms with E-state index >= 15 is 0 Å². The molecule has 5 rings (SSSR count). The number of hydrogen-bond acceptors (Lipinski definition) is 12. The van der Waals surface area contributed by atoms with Crippen molar-refractivity contribution >= 4 is 60.0 Å². The number of hydrogen-bond donors (Lipinski definition) is 4. The summed E-state index contributed by atoms with van der Waals surface area (Å²) in [5.41, 5.74) is 1.08. The van der Waals surface area contributed by atoms with Crippen LogP contribution in [-0.2, 0) is 14.6 Å². The molecule has 0 aliphatic carbocycles. The van der Waals surface area contributed by atoms with Crippen molar-refractivity contribution < 1.29 is 28.5 Å². The summed E-state index contributed by atoms with van der Waals surface area (Å²) in [6, 6.07) is 6.60. The van der Waals surface area contributed by atoms with E-state index in [0.29, 0.717) is 5.52 Å². The number of rotatable bonds is 7. The number of benzene rings is 1. The number of aliphatic hydroxyl groups excluding tert-OH is 3. The number of nitrogens with zero attached hydrogens (tertiary/aromatic N) is 5. The number of sulfone groups is 1. The Balaban J connectivity index is 1.40. The van der Waals surface area contributed by atoms with E-state index in [1.54, 1.807) is 19.1 Å². The molecule has 1 aliphatic rings. The molecule has 0 saturated carbocycles. The van der Waals surface area contributed by atoms with Gasteiger partial charge in [0.15, 0.2) is 23.2 Å². The molecule has 1 aliphatic heterocycles. The van der Waals surface area contributed by atoms with Crippen molar-refractivity contribution in [3.63, 3.8) is 0 Å². The first-order chi connectivity index (χ1) is 16.7. The Morgan fingerprint density at radius 2 is 2.00 bits per heavy atom. The lowest BCUT2D eigenvalue weighted by molar-refractivity contribution is -0.0511. The van der Waals surface area contributed by atoms with Crippen LogP contribution in [-0.4, -0.2) is 85.0 Å². The standard InChI is InChI=1S/C20H21ClN6O6S2/c1-9(7-35(31,32)20-24-10-4-2-3-5-12(10)34-20)23-16-13-17(26-19(21)25-16)27(8-22-13)18-15(30)14(29)11(6-28)33-18/h2-5,8-9,11,14-15,18,28-30H,6-7H2,1H3,(H,23,25,26)/t9-,11-,14?,15?,18-/m1/s1. The molecule has 4 aromatic rings. The molecule has 0 spiro atoms. The number of fused-ring (bicyclic) bond motifs is 2. The molecule has 5 atom stereocenters. The topological polar surface area (TPSA) is 173 Å². The minimum absolute atomic E-state index is 0.0341. The Bertz CT molecular complexity index is 1460. The van der Waals surface area contributed by atoms with E-state index < -0.39 is 47.0 Å². The average Bonchev–Trinajstić information content (AvgIpc) is 3.50. The van der Waals surface area contributed by atoms with E-state index in [9.17, 15) is 23.7 Å². The highest BCUT2D eigenvalue weighted by molar-refractivity contribution is 7.93. The predicted octanol–water partition coefficient (Wildman–Crippen LogP) is 0.975. The molecular formula is C20H21ClN6O6S2. The third-order valence-electron chi connectivity index (χ3n) is 5.58. The Morgan fingerprint density at radius 3 is 2.71 bits per heavy atom. The van der Waals surface area contributed by atoms with Gasteiger partial charge in [-0.15, -0.1) is 11.3 Å². The molecule has 4 N–H and O–H groups in total. The summed E-state index contributed by atoms with van der Waals surface area (Å²) in [6.07, 6.45) is -3.35. The smallest absolute Gasteiger partial charge is 0.226 e. The molecule has 35 heavy (non-hydrogen) atoms. The second-order valence-corrected chi connectivity index (χ2v) is 11.7. The van der Waals surface area contributed by atoms with Crippen LogP contribution in [0.25, 0.3) is 21.4 Å². The number of aliphatic hydroxyl groups is 3. The van der Waals surface area contributed by atoms with Crippen LogP contribution >= 0.6 is 22.9 Å². The molecule has 2 unspecified atom stereocenters. The molecule has 3 aromatic heterocycles. The second-order valence-electron chi connectivity index (χ2n) is 8.17. The lowest BCUT2D eigenvalue weighted by atomic mass is 10.1. The van der Waals surface area contributed by atoms with Crippen LogP contribution in [0.15, 0.2) is 34.9 Å². The highest BCUT2D eigenvalue weighted by atomic mass is 35.5. The molecule has 1 fully saturated rings. The number of halogens is 1. The largest absolute Gasteiger partial charge is 0.394 e. The van der Waals surface area contributed by atoms with Gasteiger partial charge in [-0.05, 0) is 30.7 Å². The highest BCUT2D eigenvalue weighted by Crippen LogP contribution is 2.33. The number of anilines is 1. The summed E-state index contributed by atoms with van der Waals surface area (Å²) >= 11 is 7.23. The number of para-hydroxylation sites is 1. The van der Waals surface area contributed by atoms with Gasteiger partial charge in [-0.1, -0.05) is 12.1 Å². The van der Waals surface area contributed by atoms with Crippen LogP contribution in [0.1, 0.15) is 13.2 Å². The van der Waals surface area contributed by atoms with Crippen LogP contribution < -0.4 is 5.32 Å². The second kappa shape index (κ2) is 9.20. The van der Waals surface area contributed by atoms with Crippen LogP contribution in [0.2, 0.25) is 5.28 Å². The fraction of sp³-hybridized carbons (Fsp3) is 0.400. The number of ether oxygens (including phenoxy) is 1. The maximum atomic E-state index is 13.0. The molecule has 4 heterocycles. The first-order valence-electron chi connectivity index (χ1n) is 10.6. The zero-order chi connectivity index (χ0) is 24.9. The van der Waals surface area contributed by atoms with E-state index in [1.807, 2.05) is 12.1 Å². The molecule has 186 valence electrons. The molecular weight excluding hydrogens is 520 g/mol. The van der Waals surface area contributed by atoms with Gasteiger partial charge in [-0.2, -0.15) is 9.97 Å². The molecule has 0 amide bonds. The molecule has 1 saturated heterocycles. The first-order valence-corrected chi connectivity index (χ1v) is 13.4. The summed E-state index contributed by atoms with van der Waals surface area (Å²) in [6.45, 7) is 1.19. The highest BCUT2D eigenvalue weighted by Gasteiger charge is 2.44. The van der Waals surface area contributed by atoms with E-state index in [1.165, 1.54) is 10.9 Å². The fourth-order valence-electron chi connectivity index (χ4n) is 3.95.